The number of hydrogen-bond donors (Lipinski definition) is 2. The minimum Gasteiger partial charge on any atom is -0.478 e. The van der Waals surface area contributed by atoms with Gasteiger partial charge in [0, 0.05) is 6.54 Å². The Morgan fingerprint density at radius 1 is 1.40 bits per heavy atom. The van der Waals surface area contributed by atoms with Crippen molar-refractivity contribution in [1.82, 2.24) is 4.72 Å². The summed E-state index contributed by atoms with van der Waals surface area (Å²) in [7, 11) is -3.64. The summed E-state index contributed by atoms with van der Waals surface area (Å²) in [4.78, 5) is 11.1. The van der Waals surface area contributed by atoms with Gasteiger partial charge in [-0.2, -0.15) is 0 Å². The average molecular weight is 297 g/mol. The third-order valence-corrected chi connectivity index (χ3v) is 5.19. The van der Waals surface area contributed by atoms with E-state index >= 15 is 0 Å². The number of sulfonamides is 1. The molecule has 0 heterocycles. The Kier molecular flexibility index (Phi) is 4.45. The van der Waals surface area contributed by atoms with E-state index in [1.807, 2.05) is 0 Å². The van der Waals surface area contributed by atoms with Gasteiger partial charge in [0.15, 0.2) is 0 Å². The van der Waals surface area contributed by atoms with Crippen LogP contribution in [0, 0.1) is 12.8 Å². The number of nitrogens with one attached hydrogen (secondary N) is 1. The van der Waals surface area contributed by atoms with E-state index in [1.54, 1.807) is 0 Å². The van der Waals surface area contributed by atoms with Crippen LogP contribution in [0.2, 0.25) is 0 Å². The van der Waals surface area contributed by atoms with Crippen molar-refractivity contribution in [2.24, 2.45) is 5.92 Å². The van der Waals surface area contributed by atoms with Crippen molar-refractivity contribution in [2.75, 3.05) is 6.54 Å². The molecule has 6 heteroatoms. The van der Waals surface area contributed by atoms with Crippen LogP contribution < -0.4 is 4.72 Å². The molecular formula is C14H19NO4S. The molecule has 1 aromatic carbocycles. The van der Waals surface area contributed by atoms with Gasteiger partial charge in [0.25, 0.3) is 0 Å². The van der Waals surface area contributed by atoms with Gasteiger partial charge in [-0.05, 0) is 43.4 Å². The van der Waals surface area contributed by atoms with Crippen LogP contribution in [0.25, 0.3) is 0 Å². The van der Waals surface area contributed by atoms with Gasteiger partial charge in [-0.1, -0.05) is 18.9 Å². The Bertz CT molecular complexity index is 606. The number of carboxylic acid groups (broad SMARTS) is 1. The summed E-state index contributed by atoms with van der Waals surface area (Å²) in [6, 6.07) is 4.30. The number of rotatable bonds is 7. The van der Waals surface area contributed by atoms with E-state index in [9.17, 15) is 13.2 Å². The number of hydrogen-bond acceptors (Lipinski definition) is 3. The summed E-state index contributed by atoms with van der Waals surface area (Å²) < 4.78 is 26.9. The van der Waals surface area contributed by atoms with Crippen LogP contribution in [0.1, 0.15) is 41.6 Å². The van der Waals surface area contributed by atoms with E-state index in [2.05, 4.69) is 4.72 Å². The Hall–Kier alpha value is -1.40. The maximum Gasteiger partial charge on any atom is 0.335 e. The first kappa shape index (κ1) is 15.0. The zero-order chi connectivity index (χ0) is 14.8. The van der Waals surface area contributed by atoms with Crippen molar-refractivity contribution in [2.45, 2.75) is 37.5 Å². The predicted molar refractivity (Wildman–Crippen MR) is 75.3 cm³/mol. The van der Waals surface area contributed by atoms with Crippen LogP contribution in [-0.4, -0.2) is 26.0 Å². The zero-order valence-electron chi connectivity index (χ0n) is 11.4. The van der Waals surface area contributed by atoms with E-state index in [0.717, 1.165) is 18.8 Å². The first-order valence-corrected chi connectivity index (χ1v) is 8.22. The van der Waals surface area contributed by atoms with Gasteiger partial charge < -0.3 is 5.11 Å². The number of carbonyl (C=O) groups is 1. The van der Waals surface area contributed by atoms with Crippen molar-refractivity contribution in [3.63, 3.8) is 0 Å². The second-order valence-corrected chi connectivity index (χ2v) is 6.95. The molecule has 1 aromatic rings. The highest BCUT2D eigenvalue weighted by molar-refractivity contribution is 7.89. The molecule has 1 saturated carbocycles. The van der Waals surface area contributed by atoms with Crippen molar-refractivity contribution < 1.29 is 18.3 Å². The molecule has 0 aromatic heterocycles. The fourth-order valence-corrected chi connectivity index (χ4v) is 3.56. The van der Waals surface area contributed by atoms with Crippen LogP contribution in [0.15, 0.2) is 23.1 Å². The van der Waals surface area contributed by atoms with Gasteiger partial charge in [0.2, 0.25) is 10.0 Å². The lowest BCUT2D eigenvalue weighted by Crippen LogP contribution is -2.26. The van der Waals surface area contributed by atoms with Crippen molar-refractivity contribution in [3.8, 4) is 0 Å². The highest BCUT2D eigenvalue weighted by atomic mass is 32.2. The molecule has 1 aliphatic carbocycles. The summed E-state index contributed by atoms with van der Waals surface area (Å²) in [5.74, 6) is -0.343. The summed E-state index contributed by atoms with van der Waals surface area (Å²) in [6.45, 7) is 1.91. The number of benzene rings is 1. The average Bonchev–Trinajstić information content (AvgIpc) is 3.18. The number of aromatic carboxylic acids is 1. The van der Waals surface area contributed by atoms with Crippen molar-refractivity contribution >= 4 is 16.0 Å². The molecule has 110 valence electrons. The normalized spacial score (nSPS) is 15.2. The Morgan fingerprint density at radius 3 is 2.70 bits per heavy atom. The molecular weight excluding hydrogens is 278 g/mol. The lowest BCUT2D eigenvalue weighted by molar-refractivity contribution is 0.0696. The summed E-state index contributed by atoms with van der Waals surface area (Å²) >= 11 is 0. The minimum atomic E-state index is -3.64. The van der Waals surface area contributed by atoms with Gasteiger partial charge in [-0.3, -0.25) is 0 Å². The molecule has 2 rings (SSSR count). The number of carboxylic acids is 1. The molecule has 0 saturated heterocycles. The molecule has 0 amide bonds. The first-order valence-electron chi connectivity index (χ1n) is 6.74. The van der Waals surface area contributed by atoms with Crippen LogP contribution >= 0.6 is 0 Å². The first-order chi connectivity index (χ1) is 9.42. The zero-order valence-corrected chi connectivity index (χ0v) is 12.2. The lowest BCUT2D eigenvalue weighted by atomic mass is 10.1. The quantitative estimate of drug-likeness (QED) is 0.755. The van der Waals surface area contributed by atoms with Crippen LogP contribution in [0.3, 0.4) is 0 Å². The predicted octanol–water partition coefficient (Wildman–Crippen LogP) is 2.16. The fourth-order valence-electron chi connectivity index (χ4n) is 2.22. The van der Waals surface area contributed by atoms with Gasteiger partial charge in [0.1, 0.15) is 0 Å². The topological polar surface area (TPSA) is 83.5 Å². The van der Waals surface area contributed by atoms with Crippen molar-refractivity contribution in [3.05, 3.63) is 29.3 Å². The lowest BCUT2D eigenvalue weighted by Gasteiger charge is -2.10. The second-order valence-electron chi connectivity index (χ2n) is 5.22. The van der Waals surface area contributed by atoms with E-state index in [1.165, 1.54) is 38.0 Å². The van der Waals surface area contributed by atoms with Crippen LogP contribution in [0.4, 0.5) is 0 Å². The molecule has 0 aliphatic heterocycles. The van der Waals surface area contributed by atoms with Crippen LogP contribution in [-0.2, 0) is 10.0 Å². The van der Waals surface area contributed by atoms with Gasteiger partial charge >= 0.3 is 5.97 Å². The minimum absolute atomic E-state index is 0.0193. The van der Waals surface area contributed by atoms with Crippen LogP contribution in [0.5, 0.6) is 0 Å². The maximum atomic E-state index is 12.2. The molecule has 2 N–H and O–H groups in total. The summed E-state index contributed by atoms with van der Waals surface area (Å²) in [5.41, 5.74) is 0.292. The highest BCUT2D eigenvalue weighted by Crippen LogP contribution is 2.33. The SMILES string of the molecule is Cc1c(C(=O)O)cccc1S(=O)(=O)NCCCC1CC1. The highest BCUT2D eigenvalue weighted by Gasteiger charge is 2.22. The monoisotopic (exact) mass is 297 g/mol. The van der Waals surface area contributed by atoms with E-state index < -0.39 is 16.0 Å². The molecule has 0 unspecified atom stereocenters. The molecule has 20 heavy (non-hydrogen) atoms. The van der Waals surface area contributed by atoms with Crippen molar-refractivity contribution in [1.29, 1.82) is 0 Å². The molecule has 0 radical (unpaired) electrons. The molecule has 1 fully saturated rings. The van der Waals surface area contributed by atoms with Gasteiger partial charge in [0.05, 0.1) is 10.5 Å². The summed E-state index contributed by atoms with van der Waals surface area (Å²) in [6.07, 6.45) is 4.39. The molecule has 1 aliphatic rings. The molecule has 0 atom stereocenters. The standard InChI is InChI=1S/C14H19NO4S/c1-10-12(14(16)17)5-2-6-13(10)20(18,19)15-9-3-4-11-7-8-11/h2,5-6,11,15H,3-4,7-9H2,1H3,(H,16,17). The second kappa shape index (κ2) is 5.93. The van der Waals surface area contributed by atoms with Gasteiger partial charge in [-0.15, -0.1) is 0 Å². The Balaban J connectivity index is 2.07. The van der Waals surface area contributed by atoms with E-state index in [-0.39, 0.29) is 16.0 Å². The maximum absolute atomic E-state index is 12.2. The van der Waals surface area contributed by atoms with E-state index in [0.29, 0.717) is 6.54 Å². The fraction of sp³-hybridized carbons (Fsp3) is 0.500. The van der Waals surface area contributed by atoms with E-state index in [4.69, 9.17) is 5.11 Å². The Morgan fingerprint density at radius 2 is 2.10 bits per heavy atom. The summed E-state index contributed by atoms with van der Waals surface area (Å²) in [5, 5.41) is 9.02. The Labute approximate surface area is 119 Å². The molecule has 5 nitrogen and oxygen atoms in total. The smallest absolute Gasteiger partial charge is 0.335 e. The largest absolute Gasteiger partial charge is 0.478 e. The third-order valence-electron chi connectivity index (χ3n) is 3.58. The van der Waals surface area contributed by atoms with Gasteiger partial charge in [-0.25, -0.2) is 17.9 Å². The third kappa shape index (κ3) is 3.58. The molecule has 0 bridgehead atoms. The molecule has 0 spiro atoms.